The molecule has 0 unspecified atom stereocenters. The molecule has 73 heavy (non-hydrogen) atoms. The van der Waals surface area contributed by atoms with Gasteiger partial charge in [-0.25, -0.2) is 0 Å². The maximum atomic E-state index is 14.1. The van der Waals surface area contributed by atoms with Gasteiger partial charge < -0.3 is 34.1 Å². The Hall–Kier alpha value is -6.90. The summed E-state index contributed by atoms with van der Waals surface area (Å²) in [6.45, 7) is -1.85. The number of ether oxygens (including phenoxy) is 4. The van der Waals surface area contributed by atoms with E-state index in [0.717, 1.165) is 84.9 Å². The molecule has 6 aromatic carbocycles. The molecule has 1 saturated carbocycles. The van der Waals surface area contributed by atoms with Crippen LogP contribution in [0, 0.1) is 5.92 Å². The van der Waals surface area contributed by atoms with Gasteiger partial charge in [0.05, 0.1) is 14.2 Å². The fourth-order valence-electron chi connectivity index (χ4n) is 10.3. The summed E-state index contributed by atoms with van der Waals surface area (Å²) in [6, 6.07) is 45.1. The third-order valence-corrected chi connectivity index (χ3v) is 13.9. The van der Waals surface area contributed by atoms with E-state index in [1.54, 1.807) is 4.90 Å². The SMILES string of the molecule is COc1cc(C(=O)N(C[C@@H]2CCCN2)c2cccc(-c3ccccc3)c2)ccc1OC(F)F.COc1cc(C(=O)N(C[C@@H]2CCCN2CC2CCCCC2)c2cccc(-c3ccccc3)c2)ccc1OC(F)F. The molecule has 0 radical (unpaired) electrons. The number of likely N-dealkylation sites (tertiary alicyclic amines) is 1. The number of hydrogen-bond acceptors (Lipinski definition) is 8. The van der Waals surface area contributed by atoms with Crippen LogP contribution in [0.2, 0.25) is 0 Å². The van der Waals surface area contributed by atoms with Crippen LogP contribution < -0.4 is 34.1 Å². The lowest BCUT2D eigenvalue weighted by molar-refractivity contribution is -0.0518. The smallest absolute Gasteiger partial charge is 0.387 e. The van der Waals surface area contributed by atoms with Gasteiger partial charge in [0.25, 0.3) is 11.8 Å². The van der Waals surface area contributed by atoms with Crippen molar-refractivity contribution in [3.8, 4) is 45.3 Å². The summed E-state index contributed by atoms with van der Waals surface area (Å²) < 4.78 is 70.7. The average molecular weight is 1000 g/mol. The van der Waals surface area contributed by atoms with Crippen molar-refractivity contribution >= 4 is 23.2 Å². The third kappa shape index (κ3) is 14.0. The van der Waals surface area contributed by atoms with Crippen molar-refractivity contribution < 1.29 is 46.1 Å². The molecule has 1 N–H and O–H groups in total. The first-order chi connectivity index (χ1) is 35.6. The zero-order valence-electron chi connectivity index (χ0n) is 41.4. The van der Waals surface area contributed by atoms with Crippen LogP contribution in [0.15, 0.2) is 146 Å². The second kappa shape index (κ2) is 25.7. The Kier molecular flexibility index (Phi) is 18.4. The standard InChI is InChI=1S/C33H38F2N2O3.C26H26F2N2O3/c1-39-31-21-27(17-18-30(31)40-33(34)35)32(38)37(28-15-8-14-26(20-28)25-12-6-3-7-13-25)23-29-16-9-19-36(29)22-24-10-4-2-5-11-24;1-32-24-16-20(12-13-23(24)33-26(27)28)25(31)30(17-21-10-6-14-29-21)22-11-5-9-19(15-22)18-7-3-2-4-8-18/h3,6-8,12-15,17-18,20-21,24,29,33H,2,4-5,9-11,16,19,22-23H2,1H3;2-5,7-9,11-13,15-16,21,26,29H,6,10,14,17H2,1H3/t29-;21-/m00/s1. The van der Waals surface area contributed by atoms with Crippen molar-refractivity contribution in [2.75, 3.05) is 56.7 Å². The molecule has 6 aromatic rings. The fourth-order valence-corrected chi connectivity index (χ4v) is 10.3. The minimum Gasteiger partial charge on any atom is -0.493 e. The molecule has 2 heterocycles. The second-order valence-electron chi connectivity index (χ2n) is 18.7. The molecule has 0 spiro atoms. The van der Waals surface area contributed by atoms with E-state index in [0.29, 0.717) is 24.2 Å². The Morgan fingerprint density at radius 3 is 1.53 bits per heavy atom. The molecule has 9 rings (SSSR count). The number of methoxy groups -OCH3 is 2. The van der Waals surface area contributed by atoms with Crippen molar-refractivity contribution in [3.63, 3.8) is 0 Å². The lowest BCUT2D eigenvalue weighted by Gasteiger charge is -2.34. The maximum absolute atomic E-state index is 14.1. The highest BCUT2D eigenvalue weighted by Crippen LogP contribution is 2.35. The van der Waals surface area contributed by atoms with Gasteiger partial charge >= 0.3 is 13.2 Å². The van der Waals surface area contributed by atoms with E-state index in [9.17, 15) is 27.2 Å². The van der Waals surface area contributed by atoms with E-state index in [-0.39, 0.29) is 46.9 Å². The zero-order chi connectivity index (χ0) is 51.1. The van der Waals surface area contributed by atoms with Crippen molar-refractivity contribution in [2.24, 2.45) is 5.92 Å². The number of nitrogens with one attached hydrogen (secondary N) is 1. The predicted octanol–water partition coefficient (Wildman–Crippen LogP) is 13.0. The highest BCUT2D eigenvalue weighted by Gasteiger charge is 2.32. The lowest BCUT2D eigenvalue weighted by atomic mass is 9.89. The van der Waals surface area contributed by atoms with E-state index >= 15 is 0 Å². The van der Waals surface area contributed by atoms with Crippen LogP contribution in [0.5, 0.6) is 23.0 Å². The molecule has 2 aliphatic heterocycles. The van der Waals surface area contributed by atoms with Crippen LogP contribution in [0.4, 0.5) is 28.9 Å². The Morgan fingerprint density at radius 2 is 1.05 bits per heavy atom. The van der Waals surface area contributed by atoms with Crippen LogP contribution in [0.25, 0.3) is 22.3 Å². The van der Waals surface area contributed by atoms with Gasteiger partial charge in [0.15, 0.2) is 23.0 Å². The molecule has 14 heteroatoms. The molecule has 10 nitrogen and oxygen atoms in total. The maximum Gasteiger partial charge on any atom is 0.387 e. The molecule has 3 aliphatic rings. The van der Waals surface area contributed by atoms with Gasteiger partial charge in [-0.2, -0.15) is 17.6 Å². The van der Waals surface area contributed by atoms with Crippen molar-refractivity contribution in [1.82, 2.24) is 10.2 Å². The predicted molar refractivity (Wildman–Crippen MR) is 279 cm³/mol. The number of halogens is 4. The van der Waals surface area contributed by atoms with E-state index in [1.807, 2.05) is 95.9 Å². The van der Waals surface area contributed by atoms with Crippen LogP contribution in [-0.2, 0) is 0 Å². The van der Waals surface area contributed by atoms with Crippen molar-refractivity contribution in [2.45, 2.75) is 83.1 Å². The molecule has 0 bridgehead atoms. The molecular weight excluding hydrogens is 937 g/mol. The summed E-state index contributed by atoms with van der Waals surface area (Å²) >= 11 is 0. The minimum absolute atomic E-state index is 0.0816. The first-order valence-electron chi connectivity index (χ1n) is 25.2. The summed E-state index contributed by atoms with van der Waals surface area (Å²) in [7, 11) is 2.73. The number of nitrogens with zero attached hydrogens (tertiary/aromatic N) is 3. The number of anilines is 2. The Labute approximate surface area is 425 Å². The third-order valence-electron chi connectivity index (χ3n) is 13.9. The first-order valence-corrected chi connectivity index (χ1v) is 25.2. The van der Waals surface area contributed by atoms with Crippen LogP contribution >= 0.6 is 0 Å². The number of hydrogen-bond donors (Lipinski definition) is 1. The fraction of sp³-hybridized carbons (Fsp3) is 0.356. The Balaban J connectivity index is 0.000000199. The van der Waals surface area contributed by atoms with Crippen LogP contribution in [-0.4, -0.2) is 89.0 Å². The van der Waals surface area contributed by atoms with Gasteiger partial charge in [-0.1, -0.05) is 104 Å². The molecule has 384 valence electrons. The average Bonchev–Trinajstić information content (AvgIpc) is 4.12. The summed E-state index contributed by atoms with van der Waals surface area (Å²) in [5.41, 5.74) is 6.43. The van der Waals surface area contributed by atoms with Crippen molar-refractivity contribution in [3.05, 3.63) is 157 Å². The Morgan fingerprint density at radius 1 is 0.548 bits per heavy atom. The molecule has 0 aromatic heterocycles. The quantitative estimate of drug-likeness (QED) is 0.0852. The van der Waals surface area contributed by atoms with E-state index in [4.69, 9.17) is 9.47 Å². The Bertz CT molecular complexity index is 2720. The van der Waals surface area contributed by atoms with Gasteiger partial charge in [-0.15, -0.1) is 0 Å². The number of carbonyl (C=O) groups is 2. The monoisotopic (exact) mass is 1000 g/mol. The number of benzene rings is 6. The minimum atomic E-state index is -2.98. The topological polar surface area (TPSA) is 92.8 Å². The number of carbonyl (C=O) groups excluding carboxylic acids is 2. The summed E-state index contributed by atoms with van der Waals surface area (Å²) in [5, 5.41) is 3.44. The number of rotatable bonds is 18. The van der Waals surface area contributed by atoms with E-state index < -0.39 is 13.2 Å². The largest absolute Gasteiger partial charge is 0.493 e. The molecule has 2 atom stereocenters. The zero-order valence-corrected chi connectivity index (χ0v) is 41.4. The van der Waals surface area contributed by atoms with E-state index in [1.165, 1.54) is 82.7 Å². The van der Waals surface area contributed by atoms with Crippen LogP contribution in [0.3, 0.4) is 0 Å². The van der Waals surface area contributed by atoms with Gasteiger partial charge in [0, 0.05) is 54.2 Å². The van der Waals surface area contributed by atoms with Gasteiger partial charge in [0.1, 0.15) is 0 Å². The van der Waals surface area contributed by atoms with E-state index in [2.05, 4.69) is 37.9 Å². The number of alkyl halides is 4. The second-order valence-corrected chi connectivity index (χ2v) is 18.7. The number of amides is 2. The first kappa shape index (κ1) is 52.4. The van der Waals surface area contributed by atoms with Gasteiger partial charge in [-0.05, 0) is 140 Å². The van der Waals surface area contributed by atoms with Crippen LogP contribution in [0.1, 0.15) is 78.5 Å². The molecule has 2 amide bonds. The molecule has 1 aliphatic carbocycles. The summed E-state index contributed by atoms with van der Waals surface area (Å²) in [4.78, 5) is 33.9. The summed E-state index contributed by atoms with van der Waals surface area (Å²) in [5.74, 6) is 0.265. The normalized spacial score (nSPS) is 16.9. The van der Waals surface area contributed by atoms with Gasteiger partial charge in [0.2, 0.25) is 0 Å². The summed E-state index contributed by atoms with van der Waals surface area (Å²) in [6.07, 6.45) is 10.7. The van der Waals surface area contributed by atoms with Crippen molar-refractivity contribution in [1.29, 1.82) is 0 Å². The van der Waals surface area contributed by atoms with Gasteiger partial charge in [-0.3, -0.25) is 14.5 Å². The molecular formula is C59H64F4N4O6. The highest BCUT2D eigenvalue weighted by molar-refractivity contribution is 6.07. The lowest BCUT2D eigenvalue weighted by Crippen LogP contribution is -2.45. The highest BCUT2D eigenvalue weighted by atomic mass is 19.3. The molecule has 2 saturated heterocycles. The molecule has 3 fully saturated rings.